The maximum absolute atomic E-state index is 11.3. The number of carbonyl (C=O) groups is 1. The number of carboxylic acid groups (broad SMARTS) is 1. The predicted molar refractivity (Wildman–Crippen MR) is 62.1 cm³/mol. The van der Waals surface area contributed by atoms with Crippen LogP contribution in [0.1, 0.15) is 59.8 Å². The van der Waals surface area contributed by atoms with Crippen molar-refractivity contribution >= 4 is 5.97 Å². The van der Waals surface area contributed by atoms with E-state index in [1.807, 2.05) is 27.7 Å². The van der Waals surface area contributed by atoms with Gasteiger partial charge in [-0.1, -0.05) is 33.6 Å². The smallest absolute Gasteiger partial charge is 0.339 e. The van der Waals surface area contributed by atoms with Crippen molar-refractivity contribution in [1.82, 2.24) is 0 Å². The largest absolute Gasteiger partial charge is 0.479 e. The highest BCUT2D eigenvalue weighted by atomic mass is 17.2. The van der Waals surface area contributed by atoms with Crippen LogP contribution in [-0.2, 0) is 14.6 Å². The van der Waals surface area contributed by atoms with Crippen LogP contribution < -0.4 is 0 Å². The van der Waals surface area contributed by atoms with E-state index in [9.17, 15) is 9.90 Å². The van der Waals surface area contributed by atoms with Crippen molar-refractivity contribution in [2.75, 3.05) is 0 Å². The molecule has 4 nitrogen and oxygen atoms in total. The second-order valence-corrected chi connectivity index (χ2v) is 4.15. The van der Waals surface area contributed by atoms with Crippen LogP contribution in [0.3, 0.4) is 0 Å². The molecule has 16 heavy (non-hydrogen) atoms. The molecule has 96 valence electrons. The van der Waals surface area contributed by atoms with Gasteiger partial charge in [0.15, 0.2) is 5.60 Å². The Morgan fingerprint density at radius 2 is 2.00 bits per heavy atom. The van der Waals surface area contributed by atoms with Gasteiger partial charge < -0.3 is 5.11 Å². The number of carboxylic acids is 1. The minimum Gasteiger partial charge on any atom is -0.479 e. The summed E-state index contributed by atoms with van der Waals surface area (Å²) in [6.45, 7) is 7.66. The van der Waals surface area contributed by atoms with E-state index in [1.54, 1.807) is 0 Å². The molecule has 0 aromatic carbocycles. The van der Waals surface area contributed by atoms with Gasteiger partial charge in [0.1, 0.15) is 0 Å². The van der Waals surface area contributed by atoms with Gasteiger partial charge in [-0.3, -0.25) is 0 Å². The molecule has 0 aromatic heterocycles. The van der Waals surface area contributed by atoms with Crippen LogP contribution in [0.2, 0.25) is 0 Å². The Morgan fingerprint density at radius 3 is 2.38 bits per heavy atom. The first-order chi connectivity index (χ1) is 7.52. The molecule has 2 unspecified atom stereocenters. The molecular weight excluding hydrogens is 208 g/mol. The molecule has 0 radical (unpaired) electrons. The Morgan fingerprint density at radius 1 is 1.38 bits per heavy atom. The van der Waals surface area contributed by atoms with Crippen LogP contribution in [0, 0.1) is 0 Å². The Labute approximate surface area is 97.9 Å². The molecule has 0 amide bonds. The van der Waals surface area contributed by atoms with Crippen molar-refractivity contribution in [2.45, 2.75) is 71.5 Å². The van der Waals surface area contributed by atoms with E-state index in [4.69, 9.17) is 9.78 Å². The average molecular weight is 232 g/mol. The Hall–Kier alpha value is -0.610. The third-order valence-electron chi connectivity index (χ3n) is 2.84. The molecule has 0 rings (SSSR count). The molecule has 2 atom stereocenters. The number of aliphatic carboxylic acids is 1. The maximum Gasteiger partial charge on any atom is 0.339 e. The molecule has 0 aliphatic rings. The summed E-state index contributed by atoms with van der Waals surface area (Å²) in [5, 5.41) is 9.23. The van der Waals surface area contributed by atoms with Crippen molar-refractivity contribution in [2.24, 2.45) is 0 Å². The monoisotopic (exact) mass is 232 g/mol. The summed E-state index contributed by atoms with van der Waals surface area (Å²) < 4.78 is 0. The summed E-state index contributed by atoms with van der Waals surface area (Å²) in [6.07, 6.45) is 3.40. The van der Waals surface area contributed by atoms with Gasteiger partial charge in [0, 0.05) is 0 Å². The second-order valence-electron chi connectivity index (χ2n) is 4.15. The molecular formula is C12H24O4. The average Bonchev–Trinajstić information content (AvgIpc) is 2.29. The molecule has 0 aliphatic heterocycles. The lowest BCUT2D eigenvalue weighted by molar-refractivity contribution is -0.376. The second kappa shape index (κ2) is 7.63. The van der Waals surface area contributed by atoms with Crippen LogP contribution >= 0.6 is 0 Å². The summed E-state index contributed by atoms with van der Waals surface area (Å²) >= 11 is 0. The normalized spacial score (nSPS) is 16.8. The lowest BCUT2D eigenvalue weighted by atomic mass is 9.94. The zero-order valence-corrected chi connectivity index (χ0v) is 10.8. The molecule has 1 N–H and O–H groups in total. The van der Waals surface area contributed by atoms with E-state index in [0.29, 0.717) is 12.8 Å². The fourth-order valence-electron chi connectivity index (χ4n) is 1.28. The van der Waals surface area contributed by atoms with Crippen molar-refractivity contribution in [3.05, 3.63) is 0 Å². The number of hydrogen-bond acceptors (Lipinski definition) is 3. The van der Waals surface area contributed by atoms with E-state index in [2.05, 4.69) is 0 Å². The molecule has 0 heterocycles. The maximum atomic E-state index is 11.3. The highest BCUT2D eigenvalue weighted by molar-refractivity contribution is 5.77. The highest BCUT2D eigenvalue weighted by Gasteiger charge is 2.39. The van der Waals surface area contributed by atoms with Crippen molar-refractivity contribution in [1.29, 1.82) is 0 Å². The van der Waals surface area contributed by atoms with Gasteiger partial charge in [-0.05, 0) is 26.2 Å². The quantitative estimate of drug-likeness (QED) is 0.490. The zero-order valence-electron chi connectivity index (χ0n) is 10.8. The third-order valence-corrected chi connectivity index (χ3v) is 2.84. The van der Waals surface area contributed by atoms with Crippen LogP contribution in [0.4, 0.5) is 0 Å². The first-order valence-corrected chi connectivity index (χ1v) is 6.10. The lowest BCUT2D eigenvalue weighted by Gasteiger charge is -2.28. The molecule has 0 aromatic rings. The first-order valence-electron chi connectivity index (χ1n) is 6.10. The van der Waals surface area contributed by atoms with Crippen molar-refractivity contribution in [3.8, 4) is 0 Å². The Bertz CT molecular complexity index is 205. The van der Waals surface area contributed by atoms with Gasteiger partial charge in [0.2, 0.25) is 0 Å². The minimum atomic E-state index is -1.18. The fourth-order valence-corrected chi connectivity index (χ4v) is 1.28. The van der Waals surface area contributed by atoms with Crippen LogP contribution in [-0.4, -0.2) is 22.8 Å². The van der Waals surface area contributed by atoms with Crippen LogP contribution in [0.25, 0.3) is 0 Å². The zero-order chi connectivity index (χ0) is 12.6. The van der Waals surface area contributed by atoms with Crippen molar-refractivity contribution < 1.29 is 19.7 Å². The predicted octanol–water partition coefficient (Wildman–Crippen LogP) is 3.16. The van der Waals surface area contributed by atoms with E-state index < -0.39 is 11.6 Å². The van der Waals surface area contributed by atoms with Gasteiger partial charge >= 0.3 is 5.97 Å². The van der Waals surface area contributed by atoms with Gasteiger partial charge in [0.05, 0.1) is 6.10 Å². The lowest BCUT2D eigenvalue weighted by Crippen LogP contribution is -2.41. The molecule has 0 bridgehead atoms. The molecule has 0 aliphatic carbocycles. The SMILES string of the molecule is CCCCC(CC)(OOC(C)CC)C(=O)O. The van der Waals surface area contributed by atoms with Gasteiger partial charge in [-0.15, -0.1) is 0 Å². The van der Waals surface area contributed by atoms with E-state index in [-0.39, 0.29) is 6.10 Å². The third kappa shape index (κ3) is 4.49. The molecule has 0 fully saturated rings. The molecule has 0 saturated carbocycles. The van der Waals surface area contributed by atoms with Crippen LogP contribution in [0.5, 0.6) is 0 Å². The first kappa shape index (κ1) is 15.4. The summed E-state index contributed by atoms with van der Waals surface area (Å²) in [7, 11) is 0. The molecule has 0 spiro atoms. The van der Waals surface area contributed by atoms with E-state index in [1.165, 1.54) is 0 Å². The summed E-state index contributed by atoms with van der Waals surface area (Å²) in [4.78, 5) is 21.6. The number of rotatable bonds is 9. The van der Waals surface area contributed by atoms with E-state index >= 15 is 0 Å². The summed E-state index contributed by atoms with van der Waals surface area (Å²) in [6, 6.07) is 0. The Kier molecular flexibility index (Phi) is 7.34. The van der Waals surface area contributed by atoms with E-state index in [0.717, 1.165) is 19.3 Å². The standard InChI is InChI=1S/C12H24O4/c1-5-8-9-12(7-3,11(13)14)16-15-10(4)6-2/h10H,5-9H2,1-4H3,(H,13,14). The van der Waals surface area contributed by atoms with Gasteiger partial charge in [-0.25, -0.2) is 14.6 Å². The number of unbranched alkanes of at least 4 members (excludes halogenated alkanes) is 1. The van der Waals surface area contributed by atoms with Crippen LogP contribution in [0.15, 0.2) is 0 Å². The van der Waals surface area contributed by atoms with Gasteiger partial charge in [0.25, 0.3) is 0 Å². The molecule has 4 heteroatoms. The Balaban J connectivity index is 4.44. The topological polar surface area (TPSA) is 55.8 Å². The van der Waals surface area contributed by atoms with Gasteiger partial charge in [-0.2, -0.15) is 0 Å². The minimum absolute atomic E-state index is 0.0769. The summed E-state index contributed by atoms with van der Waals surface area (Å²) in [5.41, 5.74) is -1.18. The highest BCUT2D eigenvalue weighted by Crippen LogP contribution is 2.25. The summed E-state index contributed by atoms with van der Waals surface area (Å²) in [5.74, 6) is -0.938. The van der Waals surface area contributed by atoms with Crippen molar-refractivity contribution in [3.63, 3.8) is 0 Å². The molecule has 0 saturated heterocycles. The fraction of sp³-hybridized carbons (Fsp3) is 0.917. The number of hydrogen-bond donors (Lipinski definition) is 1.